The Labute approximate surface area is 179 Å². The molecule has 31 heavy (non-hydrogen) atoms. The number of benzene rings is 2. The van der Waals surface area contributed by atoms with Crippen LogP contribution in [0.25, 0.3) is 0 Å². The third-order valence-electron chi connectivity index (χ3n) is 5.56. The van der Waals surface area contributed by atoms with Crippen LogP contribution in [-0.4, -0.2) is 62.8 Å². The molecule has 2 N–H and O–H groups in total. The Morgan fingerprint density at radius 2 is 1.84 bits per heavy atom. The molecule has 1 atom stereocenters. The number of urea groups is 1. The number of rotatable bonds is 6. The van der Waals surface area contributed by atoms with Crippen LogP contribution < -0.4 is 15.5 Å². The fraction of sp³-hybridized carbons (Fsp3) is 0.364. The maximum Gasteiger partial charge on any atom is 0.322 e. The van der Waals surface area contributed by atoms with Crippen molar-refractivity contribution in [3.8, 4) is 0 Å². The average Bonchev–Trinajstić information content (AvgIpc) is 3.21. The van der Waals surface area contributed by atoms with E-state index in [1.54, 1.807) is 0 Å². The molecule has 0 saturated carbocycles. The van der Waals surface area contributed by atoms with Gasteiger partial charge in [-0.05, 0) is 11.6 Å². The van der Waals surface area contributed by atoms with E-state index in [1.807, 2.05) is 30.3 Å². The molecule has 3 amide bonds. The monoisotopic (exact) mass is 430 g/mol. The van der Waals surface area contributed by atoms with Gasteiger partial charge >= 0.3 is 6.03 Å². The Morgan fingerprint density at radius 3 is 2.52 bits per heavy atom. The van der Waals surface area contributed by atoms with Crippen molar-refractivity contribution in [2.24, 2.45) is 0 Å². The van der Waals surface area contributed by atoms with Gasteiger partial charge in [0.1, 0.15) is 11.6 Å². The predicted molar refractivity (Wildman–Crippen MR) is 111 cm³/mol. The molecule has 4 rings (SSSR count). The second-order valence-corrected chi connectivity index (χ2v) is 7.45. The summed E-state index contributed by atoms with van der Waals surface area (Å²) < 4.78 is 34.1. The van der Waals surface area contributed by atoms with Crippen molar-refractivity contribution in [1.82, 2.24) is 15.5 Å². The molecular formula is C22H24F2N4O3. The number of morpholine rings is 1. The minimum Gasteiger partial charge on any atom is -0.379 e. The summed E-state index contributed by atoms with van der Waals surface area (Å²) in [7, 11) is 0. The number of nitrogens with zero attached hydrogens (tertiary/aromatic N) is 2. The topological polar surface area (TPSA) is 73.9 Å². The van der Waals surface area contributed by atoms with E-state index >= 15 is 0 Å². The van der Waals surface area contributed by atoms with E-state index in [0.29, 0.717) is 38.9 Å². The van der Waals surface area contributed by atoms with Gasteiger partial charge in [-0.1, -0.05) is 30.3 Å². The summed E-state index contributed by atoms with van der Waals surface area (Å²) in [4.78, 5) is 28.1. The number of carbonyl (C=O) groups excluding carboxylic acids is 2. The van der Waals surface area contributed by atoms with Gasteiger partial charge in [-0.3, -0.25) is 14.6 Å². The van der Waals surface area contributed by atoms with Crippen molar-refractivity contribution in [2.75, 3.05) is 50.8 Å². The third-order valence-corrected chi connectivity index (χ3v) is 5.56. The molecule has 0 aromatic heterocycles. The van der Waals surface area contributed by atoms with Crippen molar-refractivity contribution < 1.29 is 23.1 Å². The average molecular weight is 430 g/mol. The van der Waals surface area contributed by atoms with Crippen LogP contribution in [0.5, 0.6) is 0 Å². The summed E-state index contributed by atoms with van der Waals surface area (Å²) in [6.07, 6.45) is 0. The summed E-state index contributed by atoms with van der Waals surface area (Å²) in [6.45, 7) is 3.49. The molecule has 2 saturated heterocycles. The van der Waals surface area contributed by atoms with Crippen LogP contribution in [0.1, 0.15) is 22.0 Å². The zero-order valence-corrected chi connectivity index (χ0v) is 16.9. The first-order chi connectivity index (χ1) is 15.0. The minimum absolute atomic E-state index is 0.110. The number of hydrogen-bond acceptors (Lipinski definition) is 4. The summed E-state index contributed by atoms with van der Waals surface area (Å²) in [5.41, 5.74) is 0.609. The second kappa shape index (κ2) is 9.40. The van der Waals surface area contributed by atoms with Gasteiger partial charge in [0, 0.05) is 38.8 Å². The van der Waals surface area contributed by atoms with Gasteiger partial charge in [0.15, 0.2) is 0 Å². The quantitative estimate of drug-likeness (QED) is 0.738. The minimum atomic E-state index is -0.971. The van der Waals surface area contributed by atoms with E-state index < -0.39 is 23.6 Å². The summed E-state index contributed by atoms with van der Waals surface area (Å²) in [5, 5.41) is 5.34. The summed E-state index contributed by atoms with van der Waals surface area (Å²) in [5.74, 6) is -2.52. The highest BCUT2D eigenvalue weighted by atomic mass is 19.1. The number of halogens is 2. The van der Waals surface area contributed by atoms with Gasteiger partial charge in [0.05, 0.1) is 30.5 Å². The molecule has 2 heterocycles. The molecule has 2 fully saturated rings. The molecule has 164 valence electrons. The molecule has 2 aliphatic rings. The lowest BCUT2D eigenvalue weighted by molar-refractivity contribution is 0.0162. The van der Waals surface area contributed by atoms with E-state index in [1.165, 1.54) is 0 Å². The Bertz CT molecular complexity index is 951. The zero-order chi connectivity index (χ0) is 21.8. The van der Waals surface area contributed by atoms with Gasteiger partial charge in [0.25, 0.3) is 5.91 Å². The third kappa shape index (κ3) is 4.67. The Balaban J connectivity index is 1.53. The highest BCUT2D eigenvalue weighted by Crippen LogP contribution is 2.26. The molecule has 0 spiro atoms. The van der Waals surface area contributed by atoms with E-state index in [2.05, 4.69) is 15.5 Å². The van der Waals surface area contributed by atoms with Crippen molar-refractivity contribution in [2.45, 2.75) is 6.04 Å². The molecule has 0 bridgehead atoms. The highest BCUT2D eigenvalue weighted by molar-refractivity contribution is 5.98. The van der Waals surface area contributed by atoms with E-state index in [0.717, 1.165) is 16.5 Å². The number of anilines is 1. The Morgan fingerprint density at radius 1 is 1.10 bits per heavy atom. The van der Waals surface area contributed by atoms with E-state index in [4.69, 9.17) is 4.74 Å². The lowest BCUT2D eigenvalue weighted by atomic mass is 10.0. The molecule has 2 aromatic rings. The fourth-order valence-electron chi connectivity index (χ4n) is 3.93. The van der Waals surface area contributed by atoms with Crippen molar-refractivity contribution >= 4 is 17.6 Å². The largest absolute Gasteiger partial charge is 0.379 e. The predicted octanol–water partition coefficient (Wildman–Crippen LogP) is 2.30. The summed E-state index contributed by atoms with van der Waals surface area (Å²) >= 11 is 0. The molecule has 9 heteroatoms. The first kappa shape index (κ1) is 21.2. The van der Waals surface area contributed by atoms with E-state index in [-0.39, 0.29) is 30.4 Å². The lowest BCUT2D eigenvalue weighted by Gasteiger charge is -2.35. The van der Waals surface area contributed by atoms with Crippen LogP contribution in [-0.2, 0) is 4.74 Å². The van der Waals surface area contributed by atoms with Gasteiger partial charge in [-0.2, -0.15) is 0 Å². The van der Waals surface area contributed by atoms with Crippen LogP contribution >= 0.6 is 0 Å². The van der Waals surface area contributed by atoms with Gasteiger partial charge in [-0.25, -0.2) is 13.6 Å². The SMILES string of the molecule is O=C(NCC(c1ccccc1)N1CCOCC1)c1cc(N2CCNC2=O)c(F)cc1F. The van der Waals surface area contributed by atoms with Crippen LogP contribution in [0.4, 0.5) is 19.3 Å². The molecule has 0 aliphatic carbocycles. The first-order valence-electron chi connectivity index (χ1n) is 10.2. The highest BCUT2D eigenvalue weighted by Gasteiger charge is 2.28. The number of nitrogens with one attached hydrogen (secondary N) is 2. The number of ether oxygens (including phenoxy) is 1. The fourth-order valence-corrected chi connectivity index (χ4v) is 3.93. The normalized spacial score (nSPS) is 18.0. The summed E-state index contributed by atoms with van der Waals surface area (Å²) in [6, 6.07) is 10.9. The standard InChI is InChI=1S/C22H24F2N4O3/c23-17-13-18(24)19(28-7-6-25-22(28)30)12-16(17)21(29)26-14-20(15-4-2-1-3-5-15)27-8-10-31-11-9-27/h1-5,12-13,20H,6-11,14H2,(H,25,30)(H,26,29). The van der Waals surface area contributed by atoms with Crippen molar-refractivity contribution in [3.05, 3.63) is 65.2 Å². The number of amides is 3. The first-order valence-corrected chi connectivity index (χ1v) is 10.2. The molecule has 7 nitrogen and oxygen atoms in total. The zero-order valence-electron chi connectivity index (χ0n) is 16.9. The van der Waals surface area contributed by atoms with Crippen molar-refractivity contribution in [1.29, 1.82) is 0 Å². The van der Waals surface area contributed by atoms with Gasteiger partial charge < -0.3 is 15.4 Å². The maximum absolute atomic E-state index is 14.4. The van der Waals surface area contributed by atoms with Crippen LogP contribution in [0.2, 0.25) is 0 Å². The van der Waals surface area contributed by atoms with E-state index in [9.17, 15) is 18.4 Å². The molecule has 0 radical (unpaired) electrons. The van der Waals surface area contributed by atoms with Crippen LogP contribution in [0.3, 0.4) is 0 Å². The van der Waals surface area contributed by atoms with Gasteiger partial charge in [0.2, 0.25) is 0 Å². The molecule has 2 aromatic carbocycles. The Hall–Kier alpha value is -3.04. The van der Waals surface area contributed by atoms with Crippen molar-refractivity contribution in [3.63, 3.8) is 0 Å². The maximum atomic E-state index is 14.4. The molecular weight excluding hydrogens is 406 g/mol. The number of carbonyl (C=O) groups is 2. The molecule has 2 aliphatic heterocycles. The molecule has 1 unspecified atom stereocenters. The van der Waals surface area contributed by atoms with Crippen LogP contribution in [0, 0.1) is 11.6 Å². The smallest absolute Gasteiger partial charge is 0.322 e. The number of hydrogen-bond donors (Lipinski definition) is 2. The Kier molecular flexibility index (Phi) is 6.43. The van der Waals surface area contributed by atoms with Crippen LogP contribution in [0.15, 0.2) is 42.5 Å². The lowest BCUT2D eigenvalue weighted by Crippen LogP contribution is -2.44. The second-order valence-electron chi connectivity index (χ2n) is 7.45. The van der Waals surface area contributed by atoms with Gasteiger partial charge in [-0.15, -0.1) is 0 Å².